The van der Waals surface area contributed by atoms with Crippen molar-refractivity contribution in [1.29, 1.82) is 0 Å². The molecule has 7 heteroatoms. The van der Waals surface area contributed by atoms with Crippen LogP contribution in [0.5, 0.6) is 0 Å². The van der Waals surface area contributed by atoms with Gasteiger partial charge < -0.3 is 15.7 Å². The van der Waals surface area contributed by atoms with Crippen molar-refractivity contribution in [2.75, 3.05) is 5.32 Å². The smallest absolute Gasteiger partial charge is 0.305 e. The summed E-state index contributed by atoms with van der Waals surface area (Å²) in [6.07, 6.45) is 1.03. The second-order valence-corrected chi connectivity index (χ2v) is 7.43. The lowest BCUT2D eigenvalue weighted by molar-refractivity contribution is -0.139. The number of carbonyl (C=O) groups excluding carboxylic acids is 2. The van der Waals surface area contributed by atoms with E-state index in [9.17, 15) is 14.4 Å². The second kappa shape index (κ2) is 9.46. The van der Waals surface area contributed by atoms with E-state index >= 15 is 0 Å². The Morgan fingerprint density at radius 3 is 2.16 bits per heavy atom. The van der Waals surface area contributed by atoms with Gasteiger partial charge in [0, 0.05) is 23.0 Å². The maximum absolute atomic E-state index is 12.5. The van der Waals surface area contributed by atoms with Gasteiger partial charge in [0.15, 0.2) is 0 Å². The molecule has 1 aromatic rings. The van der Waals surface area contributed by atoms with Crippen molar-refractivity contribution in [3.63, 3.8) is 0 Å². The third-order valence-electron chi connectivity index (χ3n) is 4.09. The Kier molecular flexibility index (Phi) is 7.96. The number of hydrogen-bond donors (Lipinski definition) is 3. The predicted octanol–water partition coefficient (Wildman–Crippen LogP) is 3.28. The zero-order valence-electron chi connectivity index (χ0n) is 15.1. The number of anilines is 1. The topological polar surface area (TPSA) is 95.5 Å². The average molecular weight is 366 g/mol. The molecule has 25 heavy (non-hydrogen) atoms. The number of thioether (sulfide) groups is 1. The molecule has 138 valence electrons. The first-order valence-electron chi connectivity index (χ1n) is 8.29. The van der Waals surface area contributed by atoms with Crippen LogP contribution in [0.25, 0.3) is 0 Å². The Morgan fingerprint density at radius 2 is 1.72 bits per heavy atom. The average Bonchev–Trinajstić information content (AvgIpc) is 2.54. The van der Waals surface area contributed by atoms with Gasteiger partial charge in [-0.3, -0.25) is 14.4 Å². The molecular weight excluding hydrogens is 340 g/mol. The van der Waals surface area contributed by atoms with Crippen LogP contribution in [0.1, 0.15) is 47.0 Å². The minimum absolute atomic E-state index is 0.0888. The van der Waals surface area contributed by atoms with Crippen LogP contribution in [-0.4, -0.2) is 33.7 Å². The maximum atomic E-state index is 12.5. The van der Waals surface area contributed by atoms with Gasteiger partial charge in [-0.25, -0.2) is 0 Å². The molecule has 0 heterocycles. The van der Waals surface area contributed by atoms with Crippen LogP contribution in [0.4, 0.5) is 5.69 Å². The van der Waals surface area contributed by atoms with Crippen LogP contribution in [0.2, 0.25) is 0 Å². The summed E-state index contributed by atoms with van der Waals surface area (Å²) in [6, 6.07) is 7.23. The summed E-state index contributed by atoms with van der Waals surface area (Å²) in [7, 11) is 0. The molecule has 6 nitrogen and oxygen atoms in total. The number of benzene rings is 1. The summed E-state index contributed by atoms with van der Waals surface area (Å²) >= 11 is 1.39. The minimum atomic E-state index is -0.919. The summed E-state index contributed by atoms with van der Waals surface area (Å²) < 4.78 is 0. The van der Waals surface area contributed by atoms with Crippen molar-refractivity contribution in [3.8, 4) is 0 Å². The van der Waals surface area contributed by atoms with Crippen molar-refractivity contribution in [1.82, 2.24) is 5.32 Å². The van der Waals surface area contributed by atoms with E-state index in [1.165, 1.54) is 18.7 Å². The van der Waals surface area contributed by atoms with E-state index in [0.717, 1.165) is 4.90 Å². The molecule has 1 atom stereocenters. The van der Waals surface area contributed by atoms with E-state index < -0.39 is 11.5 Å². The normalized spacial score (nSPS) is 12.3. The molecule has 0 aromatic heterocycles. The summed E-state index contributed by atoms with van der Waals surface area (Å²) in [4.78, 5) is 35.5. The highest BCUT2D eigenvalue weighted by Gasteiger charge is 2.32. The van der Waals surface area contributed by atoms with Gasteiger partial charge in [0.2, 0.25) is 11.8 Å². The number of amides is 2. The fourth-order valence-electron chi connectivity index (χ4n) is 2.45. The quantitative estimate of drug-likeness (QED) is 0.583. The van der Waals surface area contributed by atoms with Crippen LogP contribution < -0.4 is 10.6 Å². The summed E-state index contributed by atoms with van der Waals surface area (Å²) in [5.74, 6) is -1.24. The lowest BCUT2D eigenvalue weighted by Crippen LogP contribution is -2.51. The van der Waals surface area contributed by atoms with Crippen molar-refractivity contribution in [2.45, 2.75) is 62.6 Å². The molecule has 0 aliphatic carbocycles. The standard InChI is InChI=1S/C18H26N2O4S/c1-5-18(6-2,11-16(22)23)20-17(24)12(3)25-15-9-7-14(8-10-15)19-13(4)21/h7-10,12H,5-6,11H2,1-4H3,(H,19,21)(H,20,24)(H,22,23). The molecule has 1 aromatic carbocycles. The SMILES string of the molecule is CCC(CC)(CC(=O)O)NC(=O)C(C)Sc1ccc(NC(C)=O)cc1. The Morgan fingerprint density at radius 1 is 1.16 bits per heavy atom. The zero-order valence-corrected chi connectivity index (χ0v) is 15.9. The molecule has 2 amide bonds. The molecule has 1 rings (SSSR count). The van der Waals surface area contributed by atoms with Gasteiger partial charge in [-0.1, -0.05) is 13.8 Å². The van der Waals surface area contributed by atoms with Crippen LogP contribution in [0, 0.1) is 0 Å². The fourth-order valence-corrected chi connectivity index (χ4v) is 3.32. The van der Waals surface area contributed by atoms with E-state index in [1.807, 2.05) is 26.0 Å². The largest absolute Gasteiger partial charge is 0.481 e. The highest BCUT2D eigenvalue weighted by atomic mass is 32.2. The van der Waals surface area contributed by atoms with E-state index in [1.54, 1.807) is 19.1 Å². The Bertz CT molecular complexity index is 612. The van der Waals surface area contributed by atoms with E-state index in [0.29, 0.717) is 18.5 Å². The highest BCUT2D eigenvalue weighted by molar-refractivity contribution is 8.00. The number of carboxylic acid groups (broad SMARTS) is 1. The molecule has 0 aliphatic heterocycles. The first-order chi connectivity index (χ1) is 11.7. The number of carbonyl (C=O) groups is 3. The van der Waals surface area contributed by atoms with Crippen molar-refractivity contribution in [2.24, 2.45) is 0 Å². The third kappa shape index (κ3) is 6.78. The van der Waals surface area contributed by atoms with Crippen LogP contribution in [0.3, 0.4) is 0 Å². The molecule has 0 saturated carbocycles. The summed E-state index contributed by atoms with van der Waals surface area (Å²) in [5, 5.41) is 14.3. The van der Waals surface area contributed by atoms with Crippen molar-refractivity contribution < 1.29 is 19.5 Å². The molecular formula is C18H26N2O4S. The van der Waals surface area contributed by atoms with Gasteiger partial charge in [-0.05, 0) is 44.0 Å². The van der Waals surface area contributed by atoms with Gasteiger partial charge >= 0.3 is 5.97 Å². The Balaban J connectivity index is 2.72. The van der Waals surface area contributed by atoms with Gasteiger partial charge in [0.1, 0.15) is 0 Å². The molecule has 0 radical (unpaired) electrons. The van der Waals surface area contributed by atoms with Gasteiger partial charge in [0.25, 0.3) is 0 Å². The molecule has 3 N–H and O–H groups in total. The summed E-state index contributed by atoms with van der Waals surface area (Å²) in [5.41, 5.74) is -0.0149. The first kappa shape index (κ1) is 21.0. The Labute approximate surface area is 152 Å². The third-order valence-corrected chi connectivity index (χ3v) is 5.20. The summed E-state index contributed by atoms with van der Waals surface area (Å²) in [6.45, 7) is 7.00. The number of aliphatic carboxylic acids is 1. The number of carboxylic acids is 1. The van der Waals surface area contributed by atoms with Crippen LogP contribution in [-0.2, 0) is 14.4 Å². The number of hydrogen-bond acceptors (Lipinski definition) is 4. The molecule has 0 saturated heterocycles. The van der Waals surface area contributed by atoms with Gasteiger partial charge in [-0.15, -0.1) is 11.8 Å². The predicted molar refractivity (Wildman–Crippen MR) is 99.8 cm³/mol. The van der Waals surface area contributed by atoms with E-state index in [-0.39, 0.29) is 23.5 Å². The molecule has 0 fully saturated rings. The maximum Gasteiger partial charge on any atom is 0.305 e. The van der Waals surface area contributed by atoms with Crippen LogP contribution >= 0.6 is 11.8 Å². The molecule has 1 unspecified atom stereocenters. The molecule has 0 spiro atoms. The van der Waals surface area contributed by atoms with E-state index in [2.05, 4.69) is 10.6 Å². The second-order valence-electron chi connectivity index (χ2n) is 6.01. The number of rotatable bonds is 9. The van der Waals surface area contributed by atoms with Crippen molar-refractivity contribution >= 4 is 35.2 Å². The Hall–Kier alpha value is -2.02. The molecule has 0 bridgehead atoms. The fraction of sp³-hybridized carbons (Fsp3) is 0.500. The minimum Gasteiger partial charge on any atom is -0.481 e. The van der Waals surface area contributed by atoms with Gasteiger partial charge in [0.05, 0.1) is 11.7 Å². The monoisotopic (exact) mass is 366 g/mol. The van der Waals surface area contributed by atoms with Crippen molar-refractivity contribution in [3.05, 3.63) is 24.3 Å². The van der Waals surface area contributed by atoms with Gasteiger partial charge in [-0.2, -0.15) is 0 Å². The highest BCUT2D eigenvalue weighted by Crippen LogP contribution is 2.27. The number of nitrogens with one attached hydrogen (secondary N) is 2. The lowest BCUT2D eigenvalue weighted by Gasteiger charge is -2.32. The van der Waals surface area contributed by atoms with E-state index in [4.69, 9.17) is 5.11 Å². The first-order valence-corrected chi connectivity index (χ1v) is 9.17. The van der Waals surface area contributed by atoms with Crippen LogP contribution in [0.15, 0.2) is 29.2 Å². The lowest BCUT2D eigenvalue weighted by atomic mass is 9.89. The molecule has 0 aliphatic rings. The zero-order chi connectivity index (χ0) is 19.0.